The molecule has 1 fully saturated rings. The topological polar surface area (TPSA) is 90.9 Å². The Labute approximate surface area is 254 Å². The van der Waals surface area contributed by atoms with Crippen molar-refractivity contribution in [3.8, 4) is 11.5 Å². The summed E-state index contributed by atoms with van der Waals surface area (Å²) in [4.78, 5) is 14.2. The standard InChI is InChI=1S/C34H43N3O6/c1-25-6-3-4-7-28(25)24-40-18-19-41-29-11-9-27(10-12-29)34-30(36-38)21-35-22-33(34)43-23-26-8-13-32-31(20-26)37(15-17-42-32)14-5-16-39-2/h3-4,6-13,20,30,33-35H,5,14-19,21-24H2,1-2H3/t30-,33+,34?/m1/s1. The third kappa shape index (κ3) is 8.32. The predicted molar refractivity (Wildman–Crippen MR) is 167 cm³/mol. The average molecular weight is 590 g/mol. The van der Waals surface area contributed by atoms with Gasteiger partial charge in [-0.05, 0) is 59.9 Å². The molecule has 2 aliphatic heterocycles. The largest absolute Gasteiger partial charge is 0.491 e. The van der Waals surface area contributed by atoms with Crippen LogP contribution < -0.4 is 19.7 Å². The van der Waals surface area contributed by atoms with Crippen molar-refractivity contribution in [2.45, 2.75) is 44.6 Å². The van der Waals surface area contributed by atoms with Gasteiger partial charge in [0.1, 0.15) is 30.8 Å². The number of anilines is 1. The fourth-order valence-electron chi connectivity index (χ4n) is 5.78. The summed E-state index contributed by atoms with van der Waals surface area (Å²) in [6, 6.07) is 21.9. The molecule has 9 heteroatoms. The molecule has 2 aliphatic rings. The van der Waals surface area contributed by atoms with E-state index in [1.54, 1.807) is 7.11 Å². The molecule has 9 nitrogen and oxygen atoms in total. The second kappa shape index (κ2) is 15.8. The van der Waals surface area contributed by atoms with Gasteiger partial charge in [-0.3, -0.25) is 0 Å². The van der Waals surface area contributed by atoms with E-state index in [4.69, 9.17) is 23.7 Å². The van der Waals surface area contributed by atoms with Crippen molar-refractivity contribution in [1.82, 2.24) is 5.32 Å². The van der Waals surface area contributed by atoms with Gasteiger partial charge in [0.05, 0.1) is 38.2 Å². The quantitative estimate of drug-likeness (QED) is 0.190. The first-order valence-corrected chi connectivity index (χ1v) is 15.2. The number of rotatable bonds is 15. The van der Waals surface area contributed by atoms with Gasteiger partial charge in [0.15, 0.2) is 0 Å². The SMILES string of the molecule is COCCCN1CCOc2ccc(CO[C@H]3CNC[C@@H](N=O)C3c3ccc(OCCOCc4ccccc4C)cc3)cc21. The van der Waals surface area contributed by atoms with E-state index >= 15 is 0 Å². The normalized spacial score (nSPS) is 19.9. The molecular formula is C34H43N3O6. The molecule has 43 heavy (non-hydrogen) atoms. The fourth-order valence-corrected chi connectivity index (χ4v) is 5.78. The first-order chi connectivity index (χ1) is 21.2. The molecule has 2 heterocycles. The van der Waals surface area contributed by atoms with E-state index in [1.807, 2.05) is 42.5 Å². The smallest absolute Gasteiger partial charge is 0.142 e. The van der Waals surface area contributed by atoms with Crippen LogP contribution in [-0.4, -0.2) is 71.9 Å². The number of nitroso groups, excluding NO2 is 1. The number of nitrogens with zero attached hydrogens (tertiary/aromatic N) is 2. The molecular weight excluding hydrogens is 546 g/mol. The molecule has 3 atom stereocenters. The van der Waals surface area contributed by atoms with Gasteiger partial charge in [0.2, 0.25) is 0 Å². The molecule has 0 radical (unpaired) electrons. The van der Waals surface area contributed by atoms with Crippen LogP contribution in [0.15, 0.2) is 71.9 Å². The van der Waals surface area contributed by atoms with Crippen molar-refractivity contribution in [3.05, 3.63) is 93.9 Å². The summed E-state index contributed by atoms with van der Waals surface area (Å²) in [6.07, 6.45) is 0.751. The minimum Gasteiger partial charge on any atom is -0.491 e. The van der Waals surface area contributed by atoms with E-state index in [0.29, 0.717) is 46.1 Å². The highest BCUT2D eigenvalue weighted by atomic mass is 16.5. The summed E-state index contributed by atoms with van der Waals surface area (Å²) in [6.45, 7) is 8.37. The first-order valence-electron chi connectivity index (χ1n) is 15.2. The monoisotopic (exact) mass is 589 g/mol. The third-order valence-corrected chi connectivity index (χ3v) is 8.15. The summed E-state index contributed by atoms with van der Waals surface area (Å²) >= 11 is 0. The van der Waals surface area contributed by atoms with Gasteiger partial charge in [0.25, 0.3) is 0 Å². The molecule has 0 bridgehead atoms. The summed E-state index contributed by atoms with van der Waals surface area (Å²) in [7, 11) is 1.73. The second-order valence-electron chi connectivity index (χ2n) is 11.1. The van der Waals surface area contributed by atoms with Crippen LogP contribution in [0.5, 0.6) is 11.5 Å². The van der Waals surface area contributed by atoms with Crippen LogP contribution in [0.2, 0.25) is 0 Å². The maximum atomic E-state index is 11.8. The zero-order chi connectivity index (χ0) is 29.9. The number of piperidine rings is 1. The number of benzene rings is 3. The highest BCUT2D eigenvalue weighted by molar-refractivity contribution is 5.61. The molecule has 0 spiro atoms. The van der Waals surface area contributed by atoms with Crippen molar-refractivity contribution >= 4 is 5.69 Å². The minimum atomic E-state index is -0.423. The molecule has 230 valence electrons. The van der Waals surface area contributed by atoms with Crippen LogP contribution in [0, 0.1) is 11.8 Å². The molecule has 3 aromatic carbocycles. The van der Waals surface area contributed by atoms with Crippen LogP contribution in [0.3, 0.4) is 0 Å². The Morgan fingerprint density at radius 1 is 1.00 bits per heavy atom. The lowest BCUT2D eigenvalue weighted by Crippen LogP contribution is -2.48. The zero-order valence-electron chi connectivity index (χ0n) is 25.2. The molecule has 1 N–H and O–H groups in total. The molecule has 3 aromatic rings. The number of hydrogen-bond acceptors (Lipinski definition) is 9. The van der Waals surface area contributed by atoms with Gasteiger partial charge >= 0.3 is 0 Å². The third-order valence-electron chi connectivity index (χ3n) is 8.15. The Balaban J connectivity index is 1.17. The summed E-state index contributed by atoms with van der Waals surface area (Å²) in [5, 5.41) is 6.79. The van der Waals surface area contributed by atoms with Crippen LogP contribution >= 0.6 is 0 Å². The van der Waals surface area contributed by atoms with Crippen molar-refractivity contribution in [1.29, 1.82) is 0 Å². The van der Waals surface area contributed by atoms with Gasteiger partial charge in [-0.2, -0.15) is 4.91 Å². The van der Waals surface area contributed by atoms with Crippen molar-refractivity contribution in [2.24, 2.45) is 5.18 Å². The van der Waals surface area contributed by atoms with Crippen molar-refractivity contribution in [2.75, 3.05) is 64.6 Å². The van der Waals surface area contributed by atoms with Gasteiger partial charge < -0.3 is 33.9 Å². The van der Waals surface area contributed by atoms with Crippen molar-refractivity contribution < 1.29 is 23.7 Å². The number of ether oxygens (including phenoxy) is 5. The Kier molecular flexibility index (Phi) is 11.4. The van der Waals surface area contributed by atoms with E-state index in [1.165, 1.54) is 11.1 Å². The van der Waals surface area contributed by atoms with E-state index in [2.05, 4.69) is 46.6 Å². The van der Waals surface area contributed by atoms with Gasteiger partial charge in [-0.1, -0.05) is 47.6 Å². The maximum Gasteiger partial charge on any atom is 0.142 e. The summed E-state index contributed by atoms with van der Waals surface area (Å²) < 4.78 is 29.3. The highest BCUT2D eigenvalue weighted by Crippen LogP contribution is 2.35. The summed E-state index contributed by atoms with van der Waals surface area (Å²) in [5.74, 6) is 1.50. The number of methoxy groups -OCH3 is 1. The average Bonchev–Trinajstić information content (AvgIpc) is 3.04. The zero-order valence-corrected chi connectivity index (χ0v) is 25.2. The number of aryl methyl sites for hydroxylation is 1. The Morgan fingerprint density at radius 2 is 1.86 bits per heavy atom. The van der Waals surface area contributed by atoms with Crippen LogP contribution in [0.4, 0.5) is 5.69 Å². The molecule has 0 saturated carbocycles. The Bertz CT molecular complexity index is 1300. The van der Waals surface area contributed by atoms with E-state index in [-0.39, 0.29) is 12.0 Å². The first kappa shape index (κ1) is 30.9. The minimum absolute atomic E-state index is 0.156. The van der Waals surface area contributed by atoms with Crippen LogP contribution in [-0.2, 0) is 27.4 Å². The molecule has 0 aromatic heterocycles. The molecule has 0 amide bonds. The lowest BCUT2D eigenvalue weighted by atomic mass is 9.84. The van der Waals surface area contributed by atoms with E-state index in [0.717, 1.165) is 54.4 Å². The molecule has 0 aliphatic carbocycles. The van der Waals surface area contributed by atoms with Gasteiger partial charge in [-0.15, -0.1) is 0 Å². The van der Waals surface area contributed by atoms with E-state index in [9.17, 15) is 4.91 Å². The van der Waals surface area contributed by atoms with E-state index < -0.39 is 6.04 Å². The van der Waals surface area contributed by atoms with Crippen LogP contribution in [0.25, 0.3) is 0 Å². The van der Waals surface area contributed by atoms with Gasteiger partial charge in [0, 0.05) is 39.3 Å². The highest BCUT2D eigenvalue weighted by Gasteiger charge is 2.36. The maximum absolute atomic E-state index is 11.8. The number of hydrogen-bond donors (Lipinski definition) is 1. The lowest BCUT2D eigenvalue weighted by Gasteiger charge is -2.36. The van der Waals surface area contributed by atoms with Gasteiger partial charge in [-0.25, -0.2) is 0 Å². The lowest BCUT2D eigenvalue weighted by molar-refractivity contribution is 0.00538. The number of nitrogens with one attached hydrogen (secondary N) is 1. The Hall–Kier alpha value is -3.50. The molecule has 5 rings (SSSR count). The van der Waals surface area contributed by atoms with Crippen LogP contribution in [0.1, 0.15) is 34.6 Å². The number of fused-ring (bicyclic) bond motifs is 1. The summed E-state index contributed by atoms with van der Waals surface area (Å²) in [5.41, 5.74) is 5.58. The molecule has 1 saturated heterocycles. The fraction of sp³-hybridized carbons (Fsp3) is 0.471. The molecule has 1 unspecified atom stereocenters. The Morgan fingerprint density at radius 3 is 2.67 bits per heavy atom. The second-order valence-corrected chi connectivity index (χ2v) is 11.1. The predicted octanol–water partition coefficient (Wildman–Crippen LogP) is 5.23. The van der Waals surface area contributed by atoms with Crippen molar-refractivity contribution in [3.63, 3.8) is 0 Å².